The Morgan fingerprint density at radius 2 is 2.00 bits per heavy atom. The predicted molar refractivity (Wildman–Crippen MR) is 79.8 cm³/mol. The number of nitrogens with two attached hydrogens (primary N) is 1. The van der Waals surface area contributed by atoms with Gasteiger partial charge < -0.3 is 20.1 Å². The van der Waals surface area contributed by atoms with Gasteiger partial charge in [0.05, 0.1) is 5.56 Å². The third kappa shape index (κ3) is 2.70. The monoisotopic (exact) mass is 290 g/mol. The number of amides is 1. The van der Waals surface area contributed by atoms with Crippen molar-refractivity contribution in [2.75, 3.05) is 20.3 Å². The van der Waals surface area contributed by atoms with Gasteiger partial charge in [0.1, 0.15) is 13.2 Å². The summed E-state index contributed by atoms with van der Waals surface area (Å²) in [7, 11) is 1.83. The Morgan fingerprint density at radius 1 is 1.24 bits per heavy atom. The molecular weight excluding hydrogens is 268 g/mol. The number of carbonyl (C=O) groups excluding carboxylic acids is 1. The van der Waals surface area contributed by atoms with E-state index in [4.69, 9.17) is 15.2 Å². The number of hydrogen-bond acceptors (Lipinski definition) is 4. The standard InChI is InChI=1S/C16H22N2O3/c1-18(13-7-3-2-6-12(13)17)16(19)11-5-4-8-14-15(11)21-10-9-20-14/h4-5,8,12-13H,2-3,6-7,9-10,17H2,1H3. The van der Waals surface area contributed by atoms with Crippen molar-refractivity contribution in [3.8, 4) is 11.5 Å². The lowest BCUT2D eigenvalue weighted by Crippen LogP contribution is -2.50. The fourth-order valence-corrected chi connectivity index (χ4v) is 3.20. The summed E-state index contributed by atoms with van der Waals surface area (Å²) in [5.74, 6) is 1.16. The van der Waals surface area contributed by atoms with Crippen LogP contribution in [-0.2, 0) is 0 Å². The Morgan fingerprint density at radius 3 is 2.81 bits per heavy atom. The van der Waals surface area contributed by atoms with Crippen LogP contribution in [0.3, 0.4) is 0 Å². The molecule has 3 rings (SSSR count). The summed E-state index contributed by atoms with van der Waals surface area (Å²) in [6.45, 7) is 0.998. The largest absolute Gasteiger partial charge is 0.486 e. The summed E-state index contributed by atoms with van der Waals surface area (Å²) < 4.78 is 11.2. The maximum Gasteiger partial charge on any atom is 0.257 e. The first-order chi connectivity index (χ1) is 10.2. The van der Waals surface area contributed by atoms with Gasteiger partial charge >= 0.3 is 0 Å². The van der Waals surface area contributed by atoms with Crippen LogP contribution in [0.5, 0.6) is 11.5 Å². The topological polar surface area (TPSA) is 64.8 Å². The van der Waals surface area contributed by atoms with E-state index in [1.165, 1.54) is 0 Å². The second kappa shape index (κ2) is 5.93. The molecule has 2 aliphatic rings. The van der Waals surface area contributed by atoms with Gasteiger partial charge in [-0.1, -0.05) is 18.9 Å². The van der Waals surface area contributed by atoms with Gasteiger partial charge in [0.15, 0.2) is 11.5 Å². The SMILES string of the molecule is CN(C(=O)c1cccc2c1OCCO2)C1CCCCC1N. The summed E-state index contributed by atoms with van der Waals surface area (Å²) in [5.41, 5.74) is 6.75. The van der Waals surface area contributed by atoms with Crippen LogP contribution in [0.1, 0.15) is 36.0 Å². The van der Waals surface area contributed by atoms with Gasteiger partial charge in [0.25, 0.3) is 5.91 Å². The zero-order valence-electron chi connectivity index (χ0n) is 12.4. The molecule has 1 fully saturated rings. The Bertz CT molecular complexity index is 532. The van der Waals surface area contributed by atoms with Crippen LogP contribution in [0, 0.1) is 0 Å². The maximum atomic E-state index is 12.8. The fourth-order valence-electron chi connectivity index (χ4n) is 3.20. The zero-order valence-corrected chi connectivity index (χ0v) is 12.4. The highest BCUT2D eigenvalue weighted by atomic mass is 16.6. The second-order valence-electron chi connectivity index (χ2n) is 5.76. The minimum absolute atomic E-state index is 0.0419. The molecule has 2 N–H and O–H groups in total. The third-order valence-electron chi connectivity index (χ3n) is 4.40. The fraction of sp³-hybridized carbons (Fsp3) is 0.562. The molecule has 1 heterocycles. The van der Waals surface area contributed by atoms with E-state index in [9.17, 15) is 4.79 Å². The molecule has 0 spiro atoms. The van der Waals surface area contributed by atoms with Gasteiger partial charge in [-0.25, -0.2) is 0 Å². The first kappa shape index (κ1) is 14.2. The molecule has 2 atom stereocenters. The van der Waals surface area contributed by atoms with E-state index < -0.39 is 0 Å². The molecule has 5 nitrogen and oxygen atoms in total. The number of likely N-dealkylation sites (N-methyl/N-ethyl adjacent to an activating group) is 1. The van der Waals surface area contributed by atoms with Crippen LogP contribution in [0.2, 0.25) is 0 Å². The van der Waals surface area contributed by atoms with E-state index >= 15 is 0 Å². The average Bonchev–Trinajstić information content (AvgIpc) is 2.53. The van der Waals surface area contributed by atoms with Gasteiger partial charge in [-0.3, -0.25) is 4.79 Å². The predicted octanol–water partition coefficient (Wildman–Crippen LogP) is 1.80. The van der Waals surface area contributed by atoms with E-state index in [0.717, 1.165) is 25.7 Å². The van der Waals surface area contributed by atoms with Gasteiger partial charge in [-0.2, -0.15) is 0 Å². The quantitative estimate of drug-likeness (QED) is 0.902. The Labute approximate surface area is 125 Å². The van der Waals surface area contributed by atoms with Crippen molar-refractivity contribution in [1.82, 2.24) is 4.90 Å². The summed E-state index contributed by atoms with van der Waals surface area (Å²) in [6, 6.07) is 5.62. The van der Waals surface area contributed by atoms with Crippen molar-refractivity contribution in [1.29, 1.82) is 0 Å². The molecule has 1 aromatic rings. The van der Waals surface area contributed by atoms with E-state index in [0.29, 0.717) is 30.3 Å². The number of hydrogen-bond donors (Lipinski definition) is 1. The van der Waals surface area contributed by atoms with Crippen molar-refractivity contribution in [3.63, 3.8) is 0 Å². The summed E-state index contributed by atoms with van der Waals surface area (Å²) in [4.78, 5) is 14.6. The molecule has 0 aromatic heterocycles. The smallest absolute Gasteiger partial charge is 0.257 e. The lowest BCUT2D eigenvalue weighted by Gasteiger charge is -2.36. The Kier molecular flexibility index (Phi) is 4.01. The number of rotatable bonds is 2. The minimum atomic E-state index is -0.0419. The van der Waals surface area contributed by atoms with Gasteiger partial charge in [0, 0.05) is 19.1 Å². The molecule has 2 unspecified atom stereocenters. The van der Waals surface area contributed by atoms with Crippen molar-refractivity contribution >= 4 is 5.91 Å². The van der Waals surface area contributed by atoms with E-state index in [2.05, 4.69) is 0 Å². The lowest BCUT2D eigenvalue weighted by atomic mass is 9.89. The van der Waals surface area contributed by atoms with Crippen molar-refractivity contribution < 1.29 is 14.3 Å². The number of ether oxygens (including phenoxy) is 2. The highest BCUT2D eigenvalue weighted by molar-refractivity contribution is 5.98. The van der Waals surface area contributed by atoms with Crippen molar-refractivity contribution in [2.45, 2.75) is 37.8 Å². The molecule has 1 amide bonds. The molecule has 0 radical (unpaired) electrons. The number of para-hydroxylation sites is 1. The van der Waals surface area contributed by atoms with Gasteiger partial charge in [-0.15, -0.1) is 0 Å². The molecule has 5 heteroatoms. The maximum absolute atomic E-state index is 12.8. The van der Waals surface area contributed by atoms with Crippen LogP contribution in [0.15, 0.2) is 18.2 Å². The van der Waals surface area contributed by atoms with E-state index in [1.54, 1.807) is 11.0 Å². The lowest BCUT2D eigenvalue weighted by molar-refractivity contribution is 0.0662. The van der Waals surface area contributed by atoms with Crippen molar-refractivity contribution in [3.05, 3.63) is 23.8 Å². The second-order valence-corrected chi connectivity index (χ2v) is 5.76. The number of carbonyl (C=O) groups is 1. The average molecular weight is 290 g/mol. The minimum Gasteiger partial charge on any atom is -0.486 e. The number of nitrogens with zero attached hydrogens (tertiary/aromatic N) is 1. The Hall–Kier alpha value is -1.75. The normalized spacial score (nSPS) is 24.5. The van der Waals surface area contributed by atoms with Gasteiger partial charge in [-0.05, 0) is 25.0 Å². The summed E-state index contributed by atoms with van der Waals surface area (Å²) in [5, 5.41) is 0. The first-order valence-corrected chi connectivity index (χ1v) is 7.60. The molecule has 1 aliphatic heterocycles. The van der Waals surface area contributed by atoms with Gasteiger partial charge in [0.2, 0.25) is 0 Å². The molecule has 1 aliphatic carbocycles. The number of fused-ring (bicyclic) bond motifs is 1. The third-order valence-corrected chi connectivity index (χ3v) is 4.40. The molecule has 21 heavy (non-hydrogen) atoms. The number of benzene rings is 1. The summed E-state index contributed by atoms with van der Waals surface area (Å²) >= 11 is 0. The van der Waals surface area contributed by atoms with Crippen LogP contribution >= 0.6 is 0 Å². The van der Waals surface area contributed by atoms with Crippen LogP contribution in [0.4, 0.5) is 0 Å². The van der Waals surface area contributed by atoms with E-state index in [-0.39, 0.29) is 18.0 Å². The van der Waals surface area contributed by atoms with Crippen LogP contribution in [-0.4, -0.2) is 43.2 Å². The van der Waals surface area contributed by atoms with Crippen molar-refractivity contribution in [2.24, 2.45) is 5.73 Å². The Balaban J connectivity index is 1.84. The highest BCUT2D eigenvalue weighted by Gasteiger charge is 2.31. The van der Waals surface area contributed by atoms with E-state index in [1.807, 2.05) is 19.2 Å². The highest BCUT2D eigenvalue weighted by Crippen LogP contribution is 2.35. The van der Waals surface area contributed by atoms with Crippen LogP contribution in [0.25, 0.3) is 0 Å². The molecule has 114 valence electrons. The van der Waals surface area contributed by atoms with Crippen LogP contribution < -0.4 is 15.2 Å². The molecule has 0 saturated heterocycles. The molecule has 0 bridgehead atoms. The first-order valence-electron chi connectivity index (χ1n) is 7.60. The molecule has 1 saturated carbocycles. The molecule has 1 aromatic carbocycles. The molecular formula is C16H22N2O3. The summed E-state index contributed by atoms with van der Waals surface area (Å²) in [6.07, 6.45) is 4.23. The zero-order chi connectivity index (χ0) is 14.8.